The van der Waals surface area contributed by atoms with E-state index in [0.717, 1.165) is 41.4 Å². The average molecular weight is 391 g/mol. The molecule has 0 spiro atoms. The summed E-state index contributed by atoms with van der Waals surface area (Å²) in [7, 11) is -3.17. The number of aromatic nitrogens is 2. The van der Waals surface area contributed by atoms with Crippen LogP contribution >= 0.6 is 0 Å². The Morgan fingerprint density at radius 1 is 1.15 bits per heavy atom. The zero-order chi connectivity index (χ0) is 18.6. The minimum atomic E-state index is -3.17. The van der Waals surface area contributed by atoms with E-state index >= 15 is 0 Å². The summed E-state index contributed by atoms with van der Waals surface area (Å²) in [4.78, 5) is 8.92. The standard InChI is InChI=1S/C20H30N4O2S/c1-2-27(25,26)24-4-3-17-18(11-24)22-13-23-19(17)21-12-20-8-14-5-15(9-20)7-16(6-14)10-20/h13-16H,2-12H2,1H3,(H,21,22,23). The highest BCUT2D eigenvalue weighted by Gasteiger charge is 2.50. The molecule has 4 aliphatic carbocycles. The third-order valence-corrected chi connectivity index (χ3v) is 9.35. The van der Waals surface area contributed by atoms with Crippen molar-refractivity contribution in [2.75, 3.05) is 24.2 Å². The molecule has 0 unspecified atom stereocenters. The van der Waals surface area contributed by atoms with Crippen molar-refractivity contribution in [1.29, 1.82) is 0 Å². The van der Waals surface area contributed by atoms with Crippen molar-refractivity contribution in [2.45, 2.75) is 58.4 Å². The Labute approximate surface area is 162 Å². The number of hydrogen-bond acceptors (Lipinski definition) is 5. The molecular weight excluding hydrogens is 360 g/mol. The molecule has 1 aliphatic heterocycles. The zero-order valence-electron chi connectivity index (χ0n) is 16.2. The molecule has 0 radical (unpaired) electrons. The summed E-state index contributed by atoms with van der Waals surface area (Å²) in [6.07, 6.45) is 10.8. The molecule has 2 heterocycles. The predicted molar refractivity (Wildman–Crippen MR) is 105 cm³/mol. The topological polar surface area (TPSA) is 75.2 Å². The van der Waals surface area contributed by atoms with E-state index in [9.17, 15) is 8.42 Å². The maximum Gasteiger partial charge on any atom is 0.214 e. The molecule has 1 aromatic rings. The van der Waals surface area contributed by atoms with E-state index in [0.29, 0.717) is 24.9 Å². The minimum Gasteiger partial charge on any atom is -0.369 e. The molecular formula is C20H30N4O2S. The van der Waals surface area contributed by atoms with E-state index in [4.69, 9.17) is 0 Å². The lowest BCUT2D eigenvalue weighted by atomic mass is 9.49. The van der Waals surface area contributed by atoms with Gasteiger partial charge in [0, 0.05) is 18.7 Å². The van der Waals surface area contributed by atoms with Gasteiger partial charge < -0.3 is 5.32 Å². The summed E-state index contributed by atoms with van der Waals surface area (Å²) in [6.45, 7) is 3.61. The summed E-state index contributed by atoms with van der Waals surface area (Å²) >= 11 is 0. The molecule has 4 saturated carbocycles. The first-order valence-electron chi connectivity index (χ1n) is 10.5. The van der Waals surface area contributed by atoms with Gasteiger partial charge in [-0.25, -0.2) is 18.4 Å². The molecule has 148 valence electrons. The molecule has 4 bridgehead atoms. The second-order valence-electron chi connectivity index (χ2n) is 9.40. The van der Waals surface area contributed by atoms with Crippen molar-refractivity contribution in [3.63, 3.8) is 0 Å². The first-order chi connectivity index (χ1) is 13.0. The van der Waals surface area contributed by atoms with Crippen molar-refractivity contribution in [3.8, 4) is 0 Å². The Hall–Kier alpha value is -1.21. The SMILES string of the molecule is CCS(=O)(=O)N1CCc2c(ncnc2NCC23CC4CC(CC(C4)C2)C3)C1. The summed E-state index contributed by atoms with van der Waals surface area (Å²) in [5, 5.41) is 3.68. The van der Waals surface area contributed by atoms with Crippen molar-refractivity contribution in [2.24, 2.45) is 23.2 Å². The van der Waals surface area contributed by atoms with Crippen LogP contribution in [0.15, 0.2) is 6.33 Å². The second-order valence-corrected chi connectivity index (χ2v) is 11.7. The lowest BCUT2D eigenvalue weighted by molar-refractivity contribution is -0.0444. The second kappa shape index (κ2) is 6.41. The van der Waals surface area contributed by atoms with Gasteiger partial charge >= 0.3 is 0 Å². The third-order valence-electron chi connectivity index (χ3n) is 7.53. The van der Waals surface area contributed by atoms with E-state index < -0.39 is 10.0 Å². The van der Waals surface area contributed by atoms with E-state index in [1.807, 2.05) is 0 Å². The molecule has 6 nitrogen and oxygen atoms in total. The highest BCUT2D eigenvalue weighted by molar-refractivity contribution is 7.89. The van der Waals surface area contributed by atoms with E-state index in [1.165, 1.54) is 38.5 Å². The maximum absolute atomic E-state index is 12.2. The van der Waals surface area contributed by atoms with Crippen molar-refractivity contribution in [3.05, 3.63) is 17.6 Å². The quantitative estimate of drug-likeness (QED) is 0.837. The van der Waals surface area contributed by atoms with Crippen LogP contribution in [0.3, 0.4) is 0 Å². The normalized spacial score (nSPS) is 35.2. The highest BCUT2D eigenvalue weighted by Crippen LogP contribution is 2.59. The van der Waals surface area contributed by atoms with E-state index in [2.05, 4.69) is 15.3 Å². The molecule has 0 atom stereocenters. The van der Waals surface area contributed by atoms with Crippen LogP contribution in [0, 0.1) is 23.2 Å². The van der Waals surface area contributed by atoms with Crippen LogP contribution < -0.4 is 5.32 Å². The molecule has 1 N–H and O–H groups in total. The predicted octanol–water partition coefficient (Wildman–Crippen LogP) is 2.81. The van der Waals surface area contributed by atoms with Gasteiger partial charge in [0.15, 0.2) is 0 Å². The molecule has 7 heteroatoms. The average Bonchev–Trinajstić information content (AvgIpc) is 2.65. The van der Waals surface area contributed by atoms with Crippen LogP contribution in [0.25, 0.3) is 0 Å². The number of anilines is 1. The van der Waals surface area contributed by atoms with Crippen molar-refractivity contribution < 1.29 is 8.42 Å². The van der Waals surface area contributed by atoms with Crippen LogP contribution in [0.4, 0.5) is 5.82 Å². The highest BCUT2D eigenvalue weighted by atomic mass is 32.2. The summed E-state index contributed by atoms with van der Waals surface area (Å²) < 4.78 is 26.0. The fourth-order valence-electron chi connectivity index (χ4n) is 6.68. The van der Waals surface area contributed by atoms with Gasteiger partial charge in [0.1, 0.15) is 12.1 Å². The Bertz CT molecular complexity index is 803. The van der Waals surface area contributed by atoms with Crippen LogP contribution in [-0.2, 0) is 23.0 Å². The van der Waals surface area contributed by atoms with Gasteiger partial charge in [-0.05, 0) is 75.0 Å². The van der Waals surface area contributed by atoms with Crippen LogP contribution in [0.5, 0.6) is 0 Å². The molecule has 6 rings (SSSR count). The number of fused-ring (bicyclic) bond motifs is 1. The Morgan fingerprint density at radius 2 is 1.81 bits per heavy atom. The van der Waals surface area contributed by atoms with Gasteiger partial charge in [-0.1, -0.05) is 0 Å². The fraction of sp³-hybridized carbons (Fsp3) is 0.800. The molecule has 5 aliphatic rings. The fourth-order valence-corrected chi connectivity index (χ4v) is 7.73. The monoisotopic (exact) mass is 390 g/mol. The molecule has 0 saturated heterocycles. The number of sulfonamides is 1. The van der Waals surface area contributed by atoms with Gasteiger partial charge in [0.2, 0.25) is 10.0 Å². The lowest BCUT2D eigenvalue weighted by Crippen LogP contribution is -2.49. The van der Waals surface area contributed by atoms with Crippen LogP contribution in [0.1, 0.15) is 56.7 Å². The number of nitrogens with zero attached hydrogens (tertiary/aromatic N) is 3. The number of hydrogen-bond donors (Lipinski definition) is 1. The Kier molecular flexibility index (Phi) is 4.24. The number of rotatable bonds is 5. The third kappa shape index (κ3) is 3.16. The molecule has 27 heavy (non-hydrogen) atoms. The van der Waals surface area contributed by atoms with Gasteiger partial charge in [-0.2, -0.15) is 4.31 Å². The van der Waals surface area contributed by atoms with Gasteiger partial charge in [-0.15, -0.1) is 0 Å². The molecule has 0 aromatic carbocycles. The molecule has 4 fully saturated rings. The van der Waals surface area contributed by atoms with Crippen LogP contribution in [0.2, 0.25) is 0 Å². The van der Waals surface area contributed by atoms with Gasteiger partial charge in [0.25, 0.3) is 0 Å². The van der Waals surface area contributed by atoms with E-state index in [-0.39, 0.29) is 5.75 Å². The molecule has 0 amide bonds. The van der Waals surface area contributed by atoms with Gasteiger partial charge in [0.05, 0.1) is 18.0 Å². The first kappa shape index (κ1) is 17.9. The maximum atomic E-state index is 12.2. The summed E-state index contributed by atoms with van der Waals surface area (Å²) in [6, 6.07) is 0. The zero-order valence-corrected chi connectivity index (χ0v) is 17.0. The minimum absolute atomic E-state index is 0.143. The smallest absolute Gasteiger partial charge is 0.214 e. The first-order valence-corrected chi connectivity index (χ1v) is 12.1. The largest absolute Gasteiger partial charge is 0.369 e. The lowest BCUT2D eigenvalue weighted by Gasteiger charge is -2.57. The Morgan fingerprint density at radius 3 is 2.44 bits per heavy atom. The summed E-state index contributed by atoms with van der Waals surface area (Å²) in [5.74, 6) is 3.93. The van der Waals surface area contributed by atoms with Crippen LogP contribution in [-0.4, -0.2) is 41.5 Å². The van der Waals surface area contributed by atoms with E-state index in [1.54, 1.807) is 17.6 Å². The Balaban J connectivity index is 1.32. The number of nitrogens with one attached hydrogen (secondary N) is 1. The molecule has 1 aromatic heterocycles. The summed E-state index contributed by atoms with van der Waals surface area (Å²) in [5.41, 5.74) is 2.44. The van der Waals surface area contributed by atoms with Crippen molar-refractivity contribution in [1.82, 2.24) is 14.3 Å². The van der Waals surface area contributed by atoms with Gasteiger partial charge in [-0.3, -0.25) is 0 Å². The van der Waals surface area contributed by atoms with Crippen molar-refractivity contribution >= 4 is 15.8 Å².